The lowest BCUT2D eigenvalue weighted by Gasteiger charge is -2.03. The van der Waals surface area contributed by atoms with Gasteiger partial charge in [-0.25, -0.2) is 0 Å². The van der Waals surface area contributed by atoms with Crippen LogP contribution in [0.2, 0.25) is 0 Å². The number of hydrogen-bond donors (Lipinski definition) is 1. The Hall–Kier alpha value is -1.40. The van der Waals surface area contributed by atoms with Crippen molar-refractivity contribution in [2.75, 3.05) is 0 Å². The minimum Gasteiger partial charge on any atom is -0.387 e. The molecule has 56 valence electrons. The molecule has 0 aliphatic carbocycles. The fourth-order valence-corrected chi connectivity index (χ4v) is 0.777. The van der Waals surface area contributed by atoms with Crippen molar-refractivity contribution in [2.24, 2.45) is 0 Å². The Kier molecular flexibility index (Phi) is 2.59. The number of pyridine rings is 1. The number of nitriles is 1. The molecule has 0 saturated carbocycles. The second-order valence-corrected chi connectivity index (χ2v) is 2.16. The lowest BCUT2D eigenvalue weighted by molar-refractivity contribution is 0.183. The van der Waals surface area contributed by atoms with Crippen LogP contribution in [0.15, 0.2) is 24.5 Å². The van der Waals surface area contributed by atoms with Gasteiger partial charge in [0.1, 0.15) is 0 Å². The van der Waals surface area contributed by atoms with Gasteiger partial charge in [-0.15, -0.1) is 0 Å². The molecule has 1 rings (SSSR count). The smallest absolute Gasteiger partial charge is 0.0934 e. The van der Waals surface area contributed by atoms with E-state index in [1.807, 2.05) is 6.07 Å². The van der Waals surface area contributed by atoms with Crippen molar-refractivity contribution in [3.63, 3.8) is 0 Å². The van der Waals surface area contributed by atoms with Crippen LogP contribution in [-0.2, 0) is 0 Å². The average molecular weight is 148 g/mol. The molecule has 1 heterocycles. The number of rotatable bonds is 2. The van der Waals surface area contributed by atoms with Crippen LogP contribution in [-0.4, -0.2) is 10.1 Å². The summed E-state index contributed by atoms with van der Waals surface area (Å²) in [5.74, 6) is 0. The highest BCUT2D eigenvalue weighted by Crippen LogP contribution is 2.13. The third kappa shape index (κ3) is 2.03. The van der Waals surface area contributed by atoms with Crippen molar-refractivity contribution in [1.82, 2.24) is 4.98 Å². The van der Waals surface area contributed by atoms with Gasteiger partial charge in [-0.05, 0) is 11.6 Å². The Labute approximate surface area is 64.9 Å². The van der Waals surface area contributed by atoms with E-state index in [1.165, 1.54) is 0 Å². The summed E-state index contributed by atoms with van der Waals surface area (Å²) in [6.45, 7) is 0. The highest BCUT2D eigenvalue weighted by Gasteiger charge is 2.04. The molecule has 0 aliphatic heterocycles. The summed E-state index contributed by atoms with van der Waals surface area (Å²) in [7, 11) is 0. The topological polar surface area (TPSA) is 56.9 Å². The van der Waals surface area contributed by atoms with Crippen molar-refractivity contribution < 1.29 is 5.11 Å². The Bertz CT molecular complexity index is 253. The van der Waals surface area contributed by atoms with Gasteiger partial charge in [0.25, 0.3) is 0 Å². The maximum Gasteiger partial charge on any atom is 0.0934 e. The van der Waals surface area contributed by atoms with Crippen molar-refractivity contribution >= 4 is 0 Å². The lowest BCUT2D eigenvalue weighted by Crippen LogP contribution is -1.95. The molecule has 11 heavy (non-hydrogen) atoms. The predicted molar refractivity (Wildman–Crippen MR) is 39.4 cm³/mol. The lowest BCUT2D eigenvalue weighted by atomic mass is 10.1. The monoisotopic (exact) mass is 148 g/mol. The quantitative estimate of drug-likeness (QED) is 0.681. The molecule has 0 radical (unpaired) electrons. The van der Waals surface area contributed by atoms with Gasteiger partial charge in [0, 0.05) is 12.4 Å². The average Bonchev–Trinajstić information content (AvgIpc) is 2.07. The van der Waals surface area contributed by atoms with E-state index >= 15 is 0 Å². The highest BCUT2D eigenvalue weighted by atomic mass is 16.3. The number of aliphatic hydroxyl groups is 1. The summed E-state index contributed by atoms with van der Waals surface area (Å²) in [6, 6.07) is 5.37. The molecule has 0 saturated heterocycles. The largest absolute Gasteiger partial charge is 0.387 e. The third-order valence-electron chi connectivity index (χ3n) is 1.35. The van der Waals surface area contributed by atoms with E-state index in [9.17, 15) is 5.11 Å². The fourth-order valence-electron chi connectivity index (χ4n) is 0.777. The zero-order valence-corrected chi connectivity index (χ0v) is 5.94. The second kappa shape index (κ2) is 3.69. The number of aromatic nitrogens is 1. The van der Waals surface area contributed by atoms with E-state index in [0.717, 1.165) is 0 Å². The third-order valence-corrected chi connectivity index (χ3v) is 1.35. The molecule has 0 unspecified atom stereocenters. The minimum absolute atomic E-state index is 0.117. The first-order valence-electron chi connectivity index (χ1n) is 3.29. The van der Waals surface area contributed by atoms with Crippen molar-refractivity contribution in [3.8, 4) is 6.07 Å². The number of aliphatic hydroxyl groups excluding tert-OH is 1. The standard InChI is InChI=1S/C8H8N2O/c9-4-3-8(11)7-2-1-5-10-6-7/h1-2,5-6,8,11H,3H2/t8-/m0/s1. The number of hydrogen-bond acceptors (Lipinski definition) is 3. The summed E-state index contributed by atoms with van der Waals surface area (Å²) >= 11 is 0. The first kappa shape index (κ1) is 7.70. The van der Waals surface area contributed by atoms with Crippen LogP contribution in [0.3, 0.4) is 0 Å². The maximum atomic E-state index is 9.26. The van der Waals surface area contributed by atoms with E-state index in [2.05, 4.69) is 4.98 Å². The Morgan fingerprint density at radius 1 is 1.73 bits per heavy atom. The van der Waals surface area contributed by atoms with E-state index < -0.39 is 6.10 Å². The zero-order chi connectivity index (χ0) is 8.10. The molecule has 0 aromatic carbocycles. The van der Waals surface area contributed by atoms with Crippen LogP contribution in [0.1, 0.15) is 18.1 Å². The van der Waals surface area contributed by atoms with E-state index in [1.54, 1.807) is 24.5 Å². The Balaban J connectivity index is 2.70. The first-order valence-corrected chi connectivity index (χ1v) is 3.29. The normalized spacial score (nSPS) is 12.0. The summed E-state index contributed by atoms with van der Waals surface area (Å²) in [6.07, 6.45) is 2.60. The van der Waals surface area contributed by atoms with Gasteiger partial charge in [0.2, 0.25) is 0 Å². The predicted octanol–water partition coefficient (Wildman–Crippen LogP) is 1.03. The van der Waals surface area contributed by atoms with Crippen LogP contribution in [0, 0.1) is 11.3 Å². The molecule has 3 heteroatoms. The van der Waals surface area contributed by atoms with E-state index in [4.69, 9.17) is 5.26 Å². The van der Waals surface area contributed by atoms with Gasteiger partial charge >= 0.3 is 0 Å². The molecule has 0 bridgehead atoms. The second-order valence-electron chi connectivity index (χ2n) is 2.16. The number of nitrogens with zero attached hydrogens (tertiary/aromatic N) is 2. The molecule has 1 aromatic heterocycles. The molecule has 1 N–H and O–H groups in total. The molecule has 0 aliphatic rings. The van der Waals surface area contributed by atoms with Crippen LogP contribution in [0.4, 0.5) is 0 Å². The zero-order valence-electron chi connectivity index (χ0n) is 5.94. The summed E-state index contributed by atoms with van der Waals surface area (Å²) in [5.41, 5.74) is 0.689. The van der Waals surface area contributed by atoms with Crippen molar-refractivity contribution in [2.45, 2.75) is 12.5 Å². The fraction of sp³-hybridized carbons (Fsp3) is 0.250. The summed E-state index contributed by atoms with van der Waals surface area (Å²) in [5, 5.41) is 17.5. The Morgan fingerprint density at radius 2 is 2.55 bits per heavy atom. The first-order chi connectivity index (χ1) is 5.34. The molecular formula is C8H8N2O. The summed E-state index contributed by atoms with van der Waals surface area (Å²) in [4.78, 5) is 3.82. The van der Waals surface area contributed by atoms with Crippen LogP contribution >= 0.6 is 0 Å². The maximum absolute atomic E-state index is 9.26. The van der Waals surface area contributed by atoms with E-state index in [-0.39, 0.29) is 6.42 Å². The van der Waals surface area contributed by atoms with Gasteiger partial charge in [0.05, 0.1) is 18.6 Å². The molecule has 1 aromatic rings. The van der Waals surface area contributed by atoms with Gasteiger partial charge in [0.15, 0.2) is 0 Å². The SMILES string of the molecule is N#CC[C@H](O)c1cccnc1. The van der Waals surface area contributed by atoms with E-state index in [0.29, 0.717) is 5.56 Å². The summed E-state index contributed by atoms with van der Waals surface area (Å²) < 4.78 is 0. The van der Waals surface area contributed by atoms with Gasteiger partial charge in [-0.2, -0.15) is 5.26 Å². The van der Waals surface area contributed by atoms with Crippen LogP contribution in [0.5, 0.6) is 0 Å². The molecule has 0 spiro atoms. The molecule has 0 amide bonds. The van der Waals surface area contributed by atoms with Crippen LogP contribution < -0.4 is 0 Å². The molecule has 0 fully saturated rings. The Morgan fingerprint density at radius 3 is 3.09 bits per heavy atom. The van der Waals surface area contributed by atoms with Crippen LogP contribution in [0.25, 0.3) is 0 Å². The van der Waals surface area contributed by atoms with Gasteiger partial charge in [-0.3, -0.25) is 4.98 Å². The van der Waals surface area contributed by atoms with Gasteiger partial charge < -0.3 is 5.11 Å². The molecular weight excluding hydrogens is 140 g/mol. The van der Waals surface area contributed by atoms with Crippen molar-refractivity contribution in [3.05, 3.63) is 30.1 Å². The van der Waals surface area contributed by atoms with Crippen molar-refractivity contribution in [1.29, 1.82) is 5.26 Å². The van der Waals surface area contributed by atoms with Gasteiger partial charge in [-0.1, -0.05) is 6.07 Å². The highest BCUT2D eigenvalue weighted by molar-refractivity contribution is 5.12. The minimum atomic E-state index is -0.700. The molecule has 1 atom stereocenters. The molecule has 3 nitrogen and oxygen atoms in total.